The molecule has 1 N–H and O–H groups in total. The Morgan fingerprint density at radius 1 is 0.853 bits per heavy atom. The Bertz CT molecular complexity index is 1240. The van der Waals surface area contributed by atoms with Crippen LogP contribution < -0.4 is 4.90 Å². The van der Waals surface area contributed by atoms with Crippen LogP contribution in [0.3, 0.4) is 0 Å². The van der Waals surface area contributed by atoms with E-state index < -0.39 is 17.7 Å². The third-order valence-corrected chi connectivity index (χ3v) is 6.24. The second kappa shape index (κ2) is 9.21. The molecule has 1 atom stereocenters. The second-order valence-corrected chi connectivity index (χ2v) is 9.30. The summed E-state index contributed by atoms with van der Waals surface area (Å²) in [6.45, 7) is 10.2. The first kappa shape index (κ1) is 23.4. The highest BCUT2D eigenvalue weighted by atomic mass is 16.3. The van der Waals surface area contributed by atoms with Crippen molar-refractivity contribution in [1.29, 1.82) is 0 Å². The zero-order valence-electron chi connectivity index (χ0n) is 20.1. The number of nitrogens with zero attached hydrogens (tertiary/aromatic N) is 3. The van der Waals surface area contributed by atoms with Gasteiger partial charge in [0.25, 0.3) is 5.91 Å². The number of carbonyl (C=O) groups is 2. The summed E-state index contributed by atoms with van der Waals surface area (Å²) in [5.74, 6) is -0.674. The van der Waals surface area contributed by atoms with Gasteiger partial charge >= 0.3 is 0 Å². The maximum atomic E-state index is 13.6. The quantitative estimate of drug-likeness (QED) is 0.474. The summed E-state index contributed by atoms with van der Waals surface area (Å²) in [4.78, 5) is 28.2. The number of hydrogen-bond donors (Lipinski definition) is 1. The Morgan fingerprint density at radius 3 is 1.91 bits per heavy atom. The summed E-state index contributed by atoms with van der Waals surface area (Å²) in [6, 6.07) is 17.7. The molecule has 1 unspecified atom stereocenters. The van der Waals surface area contributed by atoms with Crippen LogP contribution in [0, 0.1) is 6.92 Å². The van der Waals surface area contributed by atoms with E-state index in [1.165, 1.54) is 4.90 Å². The van der Waals surface area contributed by atoms with Crippen molar-refractivity contribution in [2.45, 2.75) is 52.5 Å². The predicted molar refractivity (Wildman–Crippen MR) is 132 cm³/mol. The molecule has 2 aromatic carbocycles. The van der Waals surface area contributed by atoms with Crippen LogP contribution >= 0.6 is 0 Å². The average Bonchev–Trinajstić information content (AvgIpc) is 3.09. The lowest BCUT2D eigenvalue weighted by Crippen LogP contribution is -2.32. The van der Waals surface area contributed by atoms with E-state index in [-0.39, 0.29) is 17.2 Å². The molecule has 0 spiro atoms. The van der Waals surface area contributed by atoms with Crippen LogP contribution in [0.4, 0.5) is 5.82 Å². The van der Waals surface area contributed by atoms with Crippen LogP contribution in [0.5, 0.6) is 0 Å². The molecule has 1 aliphatic rings. The van der Waals surface area contributed by atoms with E-state index >= 15 is 0 Å². The summed E-state index contributed by atoms with van der Waals surface area (Å²) in [5.41, 5.74) is 4.12. The highest BCUT2D eigenvalue weighted by molar-refractivity contribution is 6.20. The number of benzene rings is 2. The fourth-order valence-electron chi connectivity index (χ4n) is 4.15. The minimum atomic E-state index is -0.817. The maximum Gasteiger partial charge on any atom is 0.295 e. The molecule has 0 saturated carbocycles. The largest absolute Gasteiger partial charge is 0.503 e. The van der Waals surface area contributed by atoms with Crippen LogP contribution in [0.15, 0.2) is 72.0 Å². The Labute approximate surface area is 200 Å². The Morgan fingerprint density at radius 2 is 1.41 bits per heavy atom. The average molecular weight is 456 g/mol. The number of anilines is 1. The maximum absolute atomic E-state index is 13.6. The zero-order valence-corrected chi connectivity index (χ0v) is 20.1. The summed E-state index contributed by atoms with van der Waals surface area (Å²) >= 11 is 0. The molecule has 6 nitrogen and oxygen atoms in total. The summed E-state index contributed by atoms with van der Waals surface area (Å²) < 4.78 is 0. The van der Waals surface area contributed by atoms with Crippen molar-refractivity contribution in [3.8, 4) is 0 Å². The van der Waals surface area contributed by atoms with Crippen LogP contribution in [0.25, 0.3) is 0 Å². The number of rotatable bonds is 6. The number of amides is 1. The molecule has 0 aliphatic carbocycles. The number of aliphatic hydroxyl groups excluding tert-OH is 1. The van der Waals surface area contributed by atoms with Crippen molar-refractivity contribution in [3.05, 3.63) is 99.9 Å². The smallest absolute Gasteiger partial charge is 0.295 e. The number of ketones is 1. The molecular weight excluding hydrogens is 426 g/mol. The minimum absolute atomic E-state index is 0.0435. The van der Waals surface area contributed by atoms with Gasteiger partial charge in [0.05, 0.1) is 17.3 Å². The van der Waals surface area contributed by atoms with E-state index in [0.29, 0.717) is 28.7 Å². The van der Waals surface area contributed by atoms with Gasteiger partial charge in [-0.3, -0.25) is 14.5 Å². The highest BCUT2D eigenvalue weighted by Gasteiger charge is 2.45. The molecule has 3 aromatic rings. The van der Waals surface area contributed by atoms with E-state index in [1.54, 1.807) is 31.2 Å². The summed E-state index contributed by atoms with van der Waals surface area (Å²) in [5, 5.41) is 19.2. The van der Waals surface area contributed by atoms with Gasteiger partial charge in [0.15, 0.2) is 17.4 Å². The number of hydrogen-bond acceptors (Lipinski definition) is 5. The molecule has 0 fully saturated rings. The van der Waals surface area contributed by atoms with Crippen LogP contribution in [0.1, 0.15) is 78.3 Å². The van der Waals surface area contributed by atoms with Gasteiger partial charge in [0, 0.05) is 5.56 Å². The van der Waals surface area contributed by atoms with E-state index in [2.05, 4.69) is 37.9 Å². The molecular formula is C28H29N3O3. The minimum Gasteiger partial charge on any atom is -0.503 e. The third kappa shape index (κ3) is 4.23. The van der Waals surface area contributed by atoms with E-state index in [0.717, 1.165) is 11.1 Å². The predicted octanol–water partition coefficient (Wildman–Crippen LogP) is 5.81. The first-order valence-corrected chi connectivity index (χ1v) is 11.5. The molecule has 0 saturated heterocycles. The number of aromatic nitrogens is 2. The van der Waals surface area contributed by atoms with Gasteiger partial charge in [0.2, 0.25) is 0 Å². The van der Waals surface area contributed by atoms with Crippen molar-refractivity contribution < 1.29 is 14.7 Å². The van der Waals surface area contributed by atoms with E-state index in [1.807, 2.05) is 36.4 Å². The Hall–Kier alpha value is -3.80. The molecule has 6 heteroatoms. The lowest BCUT2D eigenvalue weighted by molar-refractivity contribution is -0.117. The molecule has 2 heterocycles. The van der Waals surface area contributed by atoms with Crippen molar-refractivity contribution in [3.63, 3.8) is 0 Å². The molecule has 1 aromatic heterocycles. The van der Waals surface area contributed by atoms with E-state index in [9.17, 15) is 14.7 Å². The molecule has 1 aliphatic heterocycles. The third-order valence-electron chi connectivity index (χ3n) is 6.24. The Balaban J connectivity index is 1.82. The van der Waals surface area contributed by atoms with Crippen LogP contribution in [-0.4, -0.2) is 27.0 Å². The standard InChI is InChI=1S/C28H29N3O3/c1-16(2)19-7-11-21(12-8-19)25-24(26(32)22-13-9-20(10-14-22)17(3)4)27(33)28(34)31(25)23-15-6-18(5)29-30-23/h6-17,25,33H,1-5H3. The SMILES string of the molecule is Cc1ccc(N2C(=O)C(O)=C(C(=O)c3ccc(C(C)C)cc3)C2c2ccc(C(C)C)cc2)nn1. The normalized spacial score (nSPS) is 16.1. The molecule has 34 heavy (non-hydrogen) atoms. The first-order chi connectivity index (χ1) is 16.2. The van der Waals surface area contributed by atoms with Crippen LogP contribution in [0.2, 0.25) is 0 Å². The van der Waals surface area contributed by atoms with Crippen molar-refractivity contribution in [1.82, 2.24) is 10.2 Å². The van der Waals surface area contributed by atoms with Gasteiger partial charge in [-0.1, -0.05) is 76.2 Å². The highest BCUT2D eigenvalue weighted by Crippen LogP contribution is 2.41. The zero-order chi connectivity index (χ0) is 24.6. The van der Waals surface area contributed by atoms with Gasteiger partial charge in [-0.15, -0.1) is 5.10 Å². The summed E-state index contributed by atoms with van der Waals surface area (Å²) in [6.07, 6.45) is 0. The molecule has 0 bridgehead atoms. The van der Waals surface area contributed by atoms with Gasteiger partial charge in [0.1, 0.15) is 0 Å². The van der Waals surface area contributed by atoms with Gasteiger partial charge < -0.3 is 5.11 Å². The number of carbonyl (C=O) groups excluding carboxylic acids is 2. The van der Waals surface area contributed by atoms with Gasteiger partial charge in [-0.25, -0.2) is 0 Å². The van der Waals surface area contributed by atoms with Crippen LogP contribution in [-0.2, 0) is 4.79 Å². The summed E-state index contributed by atoms with van der Waals surface area (Å²) in [7, 11) is 0. The molecule has 1 amide bonds. The topological polar surface area (TPSA) is 83.4 Å². The van der Waals surface area contributed by atoms with Gasteiger partial charge in [-0.05, 0) is 47.6 Å². The van der Waals surface area contributed by atoms with Crippen molar-refractivity contribution >= 4 is 17.5 Å². The number of Topliss-reactive ketones (excluding diaryl/α,β-unsaturated/α-hetero) is 1. The molecule has 0 radical (unpaired) electrons. The Kier molecular flexibility index (Phi) is 6.33. The lowest BCUT2D eigenvalue weighted by Gasteiger charge is -2.26. The number of aryl methyl sites for hydroxylation is 1. The van der Waals surface area contributed by atoms with Gasteiger partial charge in [-0.2, -0.15) is 5.10 Å². The van der Waals surface area contributed by atoms with Crippen molar-refractivity contribution in [2.75, 3.05) is 4.90 Å². The van der Waals surface area contributed by atoms with E-state index in [4.69, 9.17) is 0 Å². The van der Waals surface area contributed by atoms with Crippen molar-refractivity contribution in [2.24, 2.45) is 0 Å². The second-order valence-electron chi connectivity index (χ2n) is 9.30. The monoisotopic (exact) mass is 455 g/mol. The molecule has 174 valence electrons. The number of aliphatic hydroxyl groups is 1. The lowest BCUT2D eigenvalue weighted by atomic mass is 9.90. The first-order valence-electron chi connectivity index (χ1n) is 11.5. The fourth-order valence-corrected chi connectivity index (χ4v) is 4.15. The fraction of sp³-hybridized carbons (Fsp3) is 0.286. The molecule has 4 rings (SSSR count).